The summed E-state index contributed by atoms with van der Waals surface area (Å²) in [5.41, 5.74) is 11.7. The topological polar surface area (TPSA) is 77.8 Å². The van der Waals surface area contributed by atoms with Crippen molar-refractivity contribution in [2.24, 2.45) is 0 Å². The van der Waals surface area contributed by atoms with E-state index in [1.54, 1.807) is 0 Å². The summed E-state index contributed by atoms with van der Waals surface area (Å²) >= 11 is 10.0. The van der Waals surface area contributed by atoms with Gasteiger partial charge in [0, 0.05) is 0 Å². The number of aryl methyl sites for hydroxylation is 1. The lowest BCUT2D eigenvalue weighted by molar-refractivity contribution is 0.783. The number of hydrogen-bond acceptors (Lipinski definition) is 5. The van der Waals surface area contributed by atoms with E-state index in [2.05, 4.69) is 22.6 Å². The Morgan fingerprint density at radius 1 is 1.21 bits per heavy atom. The van der Waals surface area contributed by atoms with E-state index >= 15 is 0 Å². The average Bonchev–Trinajstić information content (AvgIpc) is 2.13. The third-order valence-electron chi connectivity index (χ3n) is 1.78. The highest BCUT2D eigenvalue weighted by atomic mass is 35.5. The van der Waals surface area contributed by atoms with Crippen molar-refractivity contribution >= 4 is 36.0 Å². The Bertz CT molecular complexity index is 318. The monoisotopic (exact) mass is 232 g/mol. The molecular formula is C8H13ClN4S. The lowest BCUT2D eigenvalue weighted by Crippen LogP contribution is -2.04. The van der Waals surface area contributed by atoms with Gasteiger partial charge >= 0.3 is 0 Å². The van der Waals surface area contributed by atoms with Crippen molar-refractivity contribution < 1.29 is 0 Å². The van der Waals surface area contributed by atoms with Crippen molar-refractivity contribution in [3.8, 4) is 0 Å². The minimum Gasteiger partial charge on any atom is -0.382 e. The van der Waals surface area contributed by atoms with Gasteiger partial charge in [-0.2, -0.15) is 17.6 Å². The molecule has 0 aliphatic rings. The maximum Gasteiger partial charge on any atom is 0.222 e. The minimum absolute atomic E-state index is 0.174. The first-order valence-corrected chi connectivity index (χ1v) is 5.34. The highest BCUT2D eigenvalue weighted by Crippen LogP contribution is 2.22. The summed E-state index contributed by atoms with van der Waals surface area (Å²) in [4.78, 5) is 7.79. The van der Waals surface area contributed by atoms with E-state index in [1.807, 2.05) is 0 Å². The maximum atomic E-state index is 5.92. The van der Waals surface area contributed by atoms with Gasteiger partial charge in [0.2, 0.25) is 5.95 Å². The molecule has 0 fully saturated rings. The Kier molecular flexibility index (Phi) is 4.28. The Morgan fingerprint density at radius 3 is 2.57 bits per heavy atom. The summed E-state index contributed by atoms with van der Waals surface area (Å²) in [6.07, 6.45) is 2.75. The fraction of sp³-hybridized carbons (Fsp3) is 0.500. The summed E-state index contributed by atoms with van der Waals surface area (Å²) in [5.74, 6) is 1.28. The number of thiol groups is 1. The zero-order valence-electron chi connectivity index (χ0n) is 7.70. The molecule has 0 aliphatic carbocycles. The van der Waals surface area contributed by atoms with Crippen LogP contribution in [0.1, 0.15) is 18.5 Å². The lowest BCUT2D eigenvalue weighted by atomic mass is 10.2. The fourth-order valence-electron chi connectivity index (χ4n) is 1.10. The highest BCUT2D eigenvalue weighted by Gasteiger charge is 2.08. The number of nitrogen functional groups attached to an aromatic ring is 2. The molecule has 1 aromatic rings. The summed E-state index contributed by atoms with van der Waals surface area (Å²) in [6, 6.07) is 0. The third-order valence-corrected chi connectivity index (χ3v) is 2.51. The van der Waals surface area contributed by atoms with E-state index in [0.717, 1.165) is 30.7 Å². The smallest absolute Gasteiger partial charge is 0.222 e. The van der Waals surface area contributed by atoms with Gasteiger partial charge < -0.3 is 11.5 Å². The molecule has 4 N–H and O–H groups in total. The van der Waals surface area contributed by atoms with Crippen LogP contribution in [0.3, 0.4) is 0 Å². The molecule has 0 saturated carbocycles. The van der Waals surface area contributed by atoms with Crippen molar-refractivity contribution in [3.05, 3.63) is 10.7 Å². The maximum absolute atomic E-state index is 5.92. The molecule has 0 unspecified atom stereocenters. The number of halogens is 1. The first kappa shape index (κ1) is 11.4. The number of unbranched alkanes of at least 4 members (excludes halogenated alkanes) is 1. The largest absolute Gasteiger partial charge is 0.382 e. The first-order chi connectivity index (χ1) is 6.65. The van der Waals surface area contributed by atoms with Crippen LogP contribution in [-0.2, 0) is 6.42 Å². The molecule has 78 valence electrons. The van der Waals surface area contributed by atoms with E-state index in [0.29, 0.717) is 5.02 Å². The average molecular weight is 233 g/mol. The van der Waals surface area contributed by atoms with E-state index in [4.69, 9.17) is 23.1 Å². The molecule has 0 aliphatic heterocycles. The second kappa shape index (κ2) is 5.26. The zero-order chi connectivity index (χ0) is 10.6. The van der Waals surface area contributed by atoms with Crippen LogP contribution in [0, 0.1) is 0 Å². The molecule has 4 nitrogen and oxygen atoms in total. The molecule has 0 bridgehead atoms. The Hall–Kier alpha value is -0.680. The summed E-state index contributed by atoms with van der Waals surface area (Å²) < 4.78 is 0. The standard InChI is InChI=1S/C8H13ClN4S/c9-6-5(3-1-2-4-14)12-8(11)13-7(6)10/h14H,1-4H2,(H4,10,11,12,13). The van der Waals surface area contributed by atoms with Gasteiger partial charge in [0.15, 0.2) is 0 Å². The second-order valence-corrected chi connectivity index (χ2v) is 3.73. The van der Waals surface area contributed by atoms with Crippen molar-refractivity contribution in [2.75, 3.05) is 17.2 Å². The van der Waals surface area contributed by atoms with Crippen LogP contribution in [0.25, 0.3) is 0 Å². The van der Waals surface area contributed by atoms with E-state index in [1.165, 1.54) is 0 Å². The lowest BCUT2D eigenvalue weighted by Gasteiger charge is -2.05. The second-order valence-electron chi connectivity index (χ2n) is 2.91. The van der Waals surface area contributed by atoms with Crippen LogP contribution in [0.5, 0.6) is 0 Å². The van der Waals surface area contributed by atoms with Crippen molar-refractivity contribution in [3.63, 3.8) is 0 Å². The van der Waals surface area contributed by atoms with Gasteiger partial charge in [0.05, 0.1) is 5.69 Å². The van der Waals surface area contributed by atoms with Crippen LogP contribution in [0.4, 0.5) is 11.8 Å². The predicted molar refractivity (Wildman–Crippen MR) is 62.7 cm³/mol. The molecule has 0 amide bonds. The van der Waals surface area contributed by atoms with Gasteiger partial charge in [-0.3, -0.25) is 0 Å². The predicted octanol–water partition coefficient (Wildman–Crippen LogP) is 1.55. The molecule has 1 heterocycles. The quantitative estimate of drug-likeness (QED) is 0.544. The van der Waals surface area contributed by atoms with Crippen LogP contribution in [-0.4, -0.2) is 15.7 Å². The first-order valence-electron chi connectivity index (χ1n) is 4.33. The molecule has 14 heavy (non-hydrogen) atoms. The summed E-state index contributed by atoms with van der Waals surface area (Å²) in [6.45, 7) is 0. The van der Waals surface area contributed by atoms with Gasteiger partial charge in [-0.25, -0.2) is 4.98 Å². The molecular weight excluding hydrogens is 220 g/mol. The molecule has 1 aromatic heterocycles. The van der Waals surface area contributed by atoms with E-state index in [-0.39, 0.29) is 11.8 Å². The fourth-order valence-corrected chi connectivity index (χ4v) is 1.51. The molecule has 0 atom stereocenters. The normalized spacial score (nSPS) is 10.4. The Morgan fingerprint density at radius 2 is 1.93 bits per heavy atom. The van der Waals surface area contributed by atoms with Crippen molar-refractivity contribution in [1.82, 2.24) is 9.97 Å². The van der Waals surface area contributed by atoms with Crippen molar-refractivity contribution in [2.45, 2.75) is 19.3 Å². The molecule has 6 heteroatoms. The number of anilines is 2. The van der Waals surface area contributed by atoms with Gasteiger partial charge in [0.25, 0.3) is 0 Å². The Labute approximate surface area is 93.5 Å². The summed E-state index contributed by atoms with van der Waals surface area (Å²) in [5, 5.41) is 0.415. The number of hydrogen-bond donors (Lipinski definition) is 3. The van der Waals surface area contributed by atoms with Crippen LogP contribution in [0.15, 0.2) is 0 Å². The van der Waals surface area contributed by atoms with Crippen molar-refractivity contribution in [1.29, 1.82) is 0 Å². The van der Waals surface area contributed by atoms with Crippen LogP contribution >= 0.6 is 24.2 Å². The molecule has 0 saturated heterocycles. The number of rotatable bonds is 4. The molecule has 0 aromatic carbocycles. The van der Waals surface area contributed by atoms with Gasteiger partial charge in [0.1, 0.15) is 10.8 Å². The summed E-state index contributed by atoms with van der Waals surface area (Å²) in [7, 11) is 0. The number of nitrogens with two attached hydrogens (primary N) is 2. The third kappa shape index (κ3) is 2.92. The number of aromatic nitrogens is 2. The van der Waals surface area contributed by atoms with E-state index in [9.17, 15) is 0 Å². The minimum atomic E-state index is 0.174. The molecule has 0 radical (unpaired) electrons. The zero-order valence-corrected chi connectivity index (χ0v) is 9.35. The van der Waals surface area contributed by atoms with Gasteiger partial charge in [-0.15, -0.1) is 0 Å². The SMILES string of the molecule is Nc1nc(N)c(Cl)c(CCCCS)n1. The van der Waals surface area contributed by atoms with Crippen LogP contribution in [0.2, 0.25) is 5.02 Å². The molecule has 0 spiro atoms. The van der Waals surface area contributed by atoms with Crippen LogP contribution < -0.4 is 11.5 Å². The van der Waals surface area contributed by atoms with E-state index < -0.39 is 0 Å². The number of nitrogens with zero attached hydrogens (tertiary/aromatic N) is 2. The highest BCUT2D eigenvalue weighted by molar-refractivity contribution is 7.80. The molecule has 1 rings (SSSR count). The van der Waals surface area contributed by atoms with Gasteiger partial charge in [-0.05, 0) is 25.0 Å². The van der Waals surface area contributed by atoms with Gasteiger partial charge in [-0.1, -0.05) is 11.6 Å². The Balaban J connectivity index is 2.75.